The zero-order valence-corrected chi connectivity index (χ0v) is 14.1. The number of nitrogens with zero attached hydrogens (tertiary/aromatic N) is 2. The minimum atomic E-state index is -0.570. The van der Waals surface area contributed by atoms with E-state index in [1.165, 1.54) is 10.8 Å². The van der Waals surface area contributed by atoms with Crippen LogP contribution in [0.25, 0.3) is 10.8 Å². The molecule has 2 atom stereocenters. The summed E-state index contributed by atoms with van der Waals surface area (Å²) in [6, 6.07) is 16.3. The van der Waals surface area contributed by atoms with Crippen molar-refractivity contribution in [3.8, 4) is 0 Å². The maximum Gasteiger partial charge on any atom is 0.274 e. The van der Waals surface area contributed by atoms with Gasteiger partial charge in [0.05, 0.1) is 6.10 Å². The summed E-state index contributed by atoms with van der Waals surface area (Å²) in [7, 11) is 0. The first-order valence-electron chi connectivity index (χ1n) is 8.60. The molecule has 1 aromatic heterocycles. The van der Waals surface area contributed by atoms with Gasteiger partial charge in [0.15, 0.2) is 0 Å². The predicted molar refractivity (Wildman–Crippen MR) is 96.5 cm³/mol. The topological polar surface area (TPSA) is 69.2 Å². The third kappa shape index (κ3) is 3.03. The van der Waals surface area contributed by atoms with Crippen LogP contribution in [0.5, 0.6) is 0 Å². The number of fused-ring (bicyclic) bond motifs is 1. The quantitative estimate of drug-likeness (QED) is 0.756. The number of likely N-dealkylation sites (tertiary alicyclic amines) is 1. The van der Waals surface area contributed by atoms with Gasteiger partial charge in [-0.25, -0.2) is 0 Å². The molecule has 2 aromatic carbocycles. The van der Waals surface area contributed by atoms with E-state index in [2.05, 4.69) is 40.5 Å². The summed E-state index contributed by atoms with van der Waals surface area (Å²) in [4.78, 5) is 14.2. The molecule has 2 heterocycles. The minimum Gasteiger partial charge on any atom is -0.391 e. The summed E-state index contributed by atoms with van der Waals surface area (Å²) in [6.07, 6.45) is 0.174. The summed E-state index contributed by atoms with van der Waals surface area (Å²) < 4.78 is 0. The number of aromatic amines is 1. The molecule has 0 spiro atoms. The van der Waals surface area contributed by atoms with Gasteiger partial charge >= 0.3 is 0 Å². The zero-order valence-electron chi connectivity index (χ0n) is 14.1. The molecule has 1 fully saturated rings. The van der Waals surface area contributed by atoms with E-state index in [1.807, 2.05) is 19.1 Å². The van der Waals surface area contributed by atoms with Crippen LogP contribution in [0.3, 0.4) is 0 Å². The second kappa shape index (κ2) is 6.33. The minimum absolute atomic E-state index is 0.0505. The van der Waals surface area contributed by atoms with Crippen LogP contribution in [0.2, 0.25) is 0 Å². The lowest BCUT2D eigenvalue weighted by Crippen LogP contribution is -2.45. The molecular formula is C20H21N3O2. The Morgan fingerprint density at radius 2 is 2.00 bits per heavy atom. The molecule has 0 saturated carbocycles. The van der Waals surface area contributed by atoms with Crippen molar-refractivity contribution >= 4 is 16.7 Å². The number of hydrogen-bond acceptors (Lipinski definition) is 3. The molecule has 0 aliphatic carbocycles. The number of benzene rings is 2. The SMILES string of the molecule is Cc1cc(C(=O)N2CC[C@@H](c3ccc4ccccc4c3)[C@H](O)C2)n[nH]1. The highest BCUT2D eigenvalue weighted by atomic mass is 16.3. The fourth-order valence-corrected chi connectivity index (χ4v) is 3.63. The van der Waals surface area contributed by atoms with E-state index in [9.17, 15) is 9.90 Å². The lowest BCUT2D eigenvalue weighted by molar-refractivity contribution is 0.0378. The standard InChI is InChI=1S/C20H21N3O2/c1-13-10-18(22-21-13)20(25)23-9-8-17(19(24)12-23)16-7-6-14-4-2-3-5-15(14)11-16/h2-7,10-11,17,19,24H,8-9,12H2,1H3,(H,21,22)/t17-,19+/m0/s1. The van der Waals surface area contributed by atoms with Crippen molar-refractivity contribution in [2.24, 2.45) is 0 Å². The predicted octanol–water partition coefficient (Wildman–Crippen LogP) is 2.86. The molecule has 2 N–H and O–H groups in total. The molecule has 0 radical (unpaired) electrons. The molecule has 1 saturated heterocycles. The smallest absolute Gasteiger partial charge is 0.274 e. The Labute approximate surface area is 146 Å². The number of rotatable bonds is 2. The number of nitrogens with one attached hydrogen (secondary N) is 1. The van der Waals surface area contributed by atoms with E-state index in [0.717, 1.165) is 17.7 Å². The van der Waals surface area contributed by atoms with Crippen LogP contribution in [-0.2, 0) is 0 Å². The van der Waals surface area contributed by atoms with E-state index in [4.69, 9.17) is 0 Å². The van der Waals surface area contributed by atoms with Crippen molar-refractivity contribution in [2.75, 3.05) is 13.1 Å². The van der Waals surface area contributed by atoms with Crippen molar-refractivity contribution in [2.45, 2.75) is 25.4 Å². The molecule has 5 nitrogen and oxygen atoms in total. The molecule has 4 rings (SSSR count). The first kappa shape index (κ1) is 15.8. The van der Waals surface area contributed by atoms with Crippen LogP contribution in [0.4, 0.5) is 0 Å². The van der Waals surface area contributed by atoms with Gasteiger partial charge in [0.2, 0.25) is 0 Å². The molecule has 1 amide bonds. The number of aliphatic hydroxyl groups is 1. The van der Waals surface area contributed by atoms with Gasteiger partial charge < -0.3 is 10.0 Å². The Morgan fingerprint density at radius 1 is 1.20 bits per heavy atom. The van der Waals surface area contributed by atoms with Crippen molar-refractivity contribution in [3.05, 3.63) is 65.5 Å². The number of amides is 1. The van der Waals surface area contributed by atoms with E-state index < -0.39 is 6.10 Å². The second-order valence-corrected chi connectivity index (χ2v) is 6.76. The van der Waals surface area contributed by atoms with Gasteiger partial charge in [-0.15, -0.1) is 0 Å². The van der Waals surface area contributed by atoms with Crippen molar-refractivity contribution in [1.29, 1.82) is 0 Å². The number of aliphatic hydroxyl groups excluding tert-OH is 1. The highest BCUT2D eigenvalue weighted by molar-refractivity contribution is 5.92. The van der Waals surface area contributed by atoms with Crippen LogP contribution in [0, 0.1) is 6.92 Å². The number of hydrogen-bond donors (Lipinski definition) is 2. The van der Waals surface area contributed by atoms with Crippen LogP contribution in [0.1, 0.15) is 34.1 Å². The summed E-state index contributed by atoms with van der Waals surface area (Å²) in [5, 5.41) is 19.8. The first-order valence-corrected chi connectivity index (χ1v) is 8.60. The Balaban J connectivity index is 1.51. The van der Waals surface area contributed by atoms with E-state index >= 15 is 0 Å². The first-order chi connectivity index (χ1) is 12.1. The van der Waals surface area contributed by atoms with Gasteiger partial charge in [0.25, 0.3) is 5.91 Å². The Kier molecular flexibility index (Phi) is 4.01. The van der Waals surface area contributed by atoms with Crippen LogP contribution >= 0.6 is 0 Å². The summed E-state index contributed by atoms with van der Waals surface area (Å²) in [6.45, 7) is 2.83. The summed E-state index contributed by atoms with van der Waals surface area (Å²) in [5.41, 5.74) is 2.40. The van der Waals surface area contributed by atoms with E-state index in [0.29, 0.717) is 18.8 Å². The average molecular weight is 335 g/mol. The van der Waals surface area contributed by atoms with Gasteiger partial charge in [0, 0.05) is 24.7 Å². The molecule has 0 unspecified atom stereocenters. The largest absolute Gasteiger partial charge is 0.391 e. The number of aromatic nitrogens is 2. The Morgan fingerprint density at radius 3 is 2.72 bits per heavy atom. The molecule has 0 bridgehead atoms. The van der Waals surface area contributed by atoms with Gasteiger partial charge in [0.1, 0.15) is 5.69 Å². The molecule has 25 heavy (non-hydrogen) atoms. The average Bonchev–Trinajstić information content (AvgIpc) is 3.07. The maximum absolute atomic E-state index is 12.5. The third-order valence-electron chi connectivity index (χ3n) is 5.00. The van der Waals surface area contributed by atoms with Gasteiger partial charge in [-0.05, 0) is 35.7 Å². The fourth-order valence-electron chi connectivity index (χ4n) is 3.63. The van der Waals surface area contributed by atoms with Crippen molar-refractivity contribution in [1.82, 2.24) is 15.1 Å². The number of H-pyrrole nitrogens is 1. The highest BCUT2D eigenvalue weighted by Crippen LogP contribution is 2.31. The summed E-state index contributed by atoms with van der Waals surface area (Å²) >= 11 is 0. The number of carbonyl (C=O) groups excluding carboxylic acids is 1. The highest BCUT2D eigenvalue weighted by Gasteiger charge is 2.32. The number of piperidine rings is 1. The van der Waals surface area contributed by atoms with E-state index in [-0.39, 0.29) is 11.8 Å². The van der Waals surface area contributed by atoms with Crippen LogP contribution in [-0.4, -0.2) is 45.3 Å². The Bertz CT molecular complexity index is 918. The molecule has 1 aliphatic heterocycles. The Hall–Kier alpha value is -2.66. The van der Waals surface area contributed by atoms with Crippen LogP contribution in [0.15, 0.2) is 48.5 Å². The summed E-state index contributed by atoms with van der Waals surface area (Å²) in [5.74, 6) is -0.0741. The molecular weight excluding hydrogens is 314 g/mol. The second-order valence-electron chi connectivity index (χ2n) is 6.76. The third-order valence-corrected chi connectivity index (χ3v) is 5.00. The number of β-amino-alcohol motifs (C(OH)–C–C–N with tert-alkyl or cyclic N) is 1. The molecule has 5 heteroatoms. The number of carbonyl (C=O) groups is 1. The van der Waals surface area contributed by atoms with E-state index in [1.54, 1.807) is 11.0 Å². The van der Waals surface area contributed by atoms with Crippen molar-refractivity contribution in [3.63, 3.8) is 0 Å². The lowest BCUT2D eigenvalue weighted by Gasteiger charge is -2.36. The van der Waals surface area contributed by atoms with Crippen LogP contribution < -0.4 is 0 Å². The monoisotopic (exact) mass is 335 g/mol. The maximum atomic E-state index is 12.5. The van der Waals surface area contributed by atoms with Gasteiger partial charge in [-0.2, -0.15) is 5.10 Å². The van der Waals surface area contributed by atoms with Crippen molar-refractivity contribution < 1.29 is 9.90 Å². The number of aryl methyl sites for hydroxylation is 1. The molecule has 1 aliphatic rings. The zero-order chi connectivity index (χ0) is 17.4. The fraction of sp³-hybridized carbons (Fsp3) is 0.300. The molecule has 128 valence electrons. The van der Waals surface area contributed by atoms with Gasteiger partial charge in [-0.3, -0.25) is 9.89 Å². The normalized spacial score (nSPS) is 20.8. The van der Waals surface area contributed by atoms with Gasteiger partial charge in [-0.1, -0.05) is 42.5 Å². The molecule has 3 aromatic rings. The lowest BCUT2D eigenvalue weighted by atomic mass is 9.86.